The average molecular weight is 277 g/mol. The Morgan fingerprint density at radius 2 is 2.10 bits per heavy atom. The summed E-state index contributed by atoms with van der Waals surface area (Å²) in [5.41, 5.74) is -0.617. The summed E-state index contributed by atoms with van der Waals surface area (Å²) < 4.78 is 5.68. The van der Waals surface area contributed by atoms with Gasteiger partial charge in [-0.05, 0) is 32.5 Å². The largest absolute Gasteiger partial charge is 0.491 e. The lowest BCUT2D eigenvalue weighted by Crippen LogP contribution is -2.44. The molecule has 2 unspecified atom stereocenters. The van der Waals surface area contributed by atoms with Gasteiger partial charge in [-0.25, -0.2) is 0 Å². The molecule has 0 amide bonds. The molecule has 20 heavy (non-hydrogen) atoms. The van der Waals surface area contributed by atoms with Crippen molar-refractivity contribution in [3.63, 3.8) is 0 Å². The summed E-state index contributed by atoms with van der Waals surface area (Å²) in [6.07, 6.45) is 0.342. The highest BCUT2D eigenvalue weighted by atomic mass is 16.6. The summed E-state index contributed by atoms with van der Waals surface area (Å²) in [6.45, 7) is 6.34. The molecular formula is C14H19N3O3. The molecule has 0 saturated heterocycles. The predicted octanol–water partition coefficient (Wildman–Crippen LogP) is 2.64. The summed E-state index contributed by atoms with van der Waals surface area (Å²) in [5.74, 6) is 0.555. The summed E-state index contributed by atoms with van der Waals surface area (Å²) >= 11 is 0. The second-order valence-electron chi connectivity index (χ2n) is 4.86. The van der Waals surface area contributed by atoms with Crippen LogP contribution in [0.2, 0.25) is 0 Å². The highest BCUT2D eigenvalue weighted by Crippen LogP contribution is 2.21. The van der Waals surface area contributed by atoms with E-state index in [0.717, 1.165) is 0 Å². The minimum atomic E-state index is -0.644. The number of hydrogen-bond donors (Lipinski definition) is 1. The van der Waals surface area contributed by atoms with Crippen LogP contribution < -0.4 is 10.1 Å². The molecule has 2 atom stereocenters. The lowest BCUT2D eigenvalue weighted by Gasteiger charge is -2.26. The van der Waals surface area contributed by atoms with Gasteiger partial charge in [-0.2, -0.15) is 5.26 Å². The van der Waals surface area contributed by atoms with Crippen molar-refractivity contribution in [2.24, 2.45) is 0 Å². The molecule has 0 saturated carbocycles. The maximum atomic E-state index is 10.6. The van der Waals surface area contributed by atoms with Gasteiger partial charge in [0.1, 0.15) is 11.3 Å². The van der Waals surface area contributed by atoms with Gasteiger partial charge in [-0.1, -0.05) is 6.92 Å². The van der Waals surface area contributed by atoms with Gasteiger partial charge in [-0.15, -0.1) is 0 Å². The van der Waals surface area contributed by atoms with Crippen LogP contribution in [0.15, 0.2) is 24.3 Å². The number of nitriles is 1. The molecule has 0 fully saturated rings. The Kier molecular flexibility index (Phi) is 5.47. The minimum Gasteiger partial charge on any atom is -0.491 e. The third-order valence-corrected chi connectivity index (χ3v) is 2.89. The maximum absolute atomic E-state index is 10.6. The molecule has 1 aromatic carbocycles. The van der Waals surface area contributed by atoms with Crippen LogP contribution in [0.1, 0.15) is 27.2 Å². The molecule has 6 heteroatoms. The van der Waals surface area contributed by atoms with E-state index < -0.39 is 10.5 Å². The molecular weight excluding hydrogens is 258 g/mol. The molecule has 0 aliphatic carbocycles. The van der Waals surface area contributed by atoms with Gasteiger partial charge in [0.05, 0.1) is 17.1 Å². The normalized spacial score (nSPS) is 14.9. The van der Waals surface area contributed by atoms with Crippen molar-refractivity contribution in [3.05, 3.63) is 34.4 Å². The van der Waals surface area contributed by atoms with Gasteiger partial charge in [0.25, 0.3) is 5.69 Å². The van der Waals surface area contributed by atoms with Crippen molar-refractivity contribution < 1.29 is 9.66 Å². The number of benzene rings is 1. The van der Waals surface area contributed by atoms with Crippen LogP contribution in [0.4, 0.5) is 5.69 Å². The van der Waals surface area contributed by atoms with Gasteiger partial charge >= 0.3 is 0 Å². The van der Waals surface area contributed by atoms with E-state index in [1.165, 1.54) is 12.1 Å². The Morgan fingerprint density at radius 1 is 1.50 bits per heavy atom. The molecule has 0 aliphatic rings. The second-order valence-corrected chi connectivity index (χ2v) is 4.86. The minimum absolute atomic E-state index is 0.0273. The van der Waals surface area contributed by atoms with Gasteiger partial charge in [-0.3, -0.25) is 15.4 Å². The number of ether oxygens (including phenoxy) is 1. The first-order valence-corrected chi connectivity index (χ1v) is 6.47. The monoisotopic (exact) mass is 277 g/mol. The zero-order chi connectivity index (χ0) is 15.2. The van der Waals surface area contributed by atoms with Crippen LogP contribution >= 0.6 is 0 Å². The summed E-state index contributed by atoms with van der Waals surface area (Å²) in [6, 6.07) is 8.16. The summed E-state index contributed by atoms with van der Waals surface area (Å²) in [7, 11) is 0. The zero-order valence-electron chi connectivity index (χ0n) is 11.9. The molecule has 1 aromatic rings. The number of non-ortho nitro benzene ring substituents is 1. The second kappa shape index (κ2) is 6.87. The average Bonchev–Trinajstić information content (AvgIpc) is 2.39. The lowest BCUT2D eigenvalue weighted by molar-refractivity contribution is -0.384. The molecule has 1 rings (SSSR count). The Balaban J connectivity index is 2.64. The van der Waals surface area contributed by atoms with E-state index in [0.29, 0.717) is 18.7 Å². The summed E-state index contributed by atoms with van der Waals surface area (Å²) in [5, 5.41) is 22.9. The first-order valence-electron chi connectivity index (χ1n) is 6.47. The van der Waals surface area contributed by atoms with E-state index in [-0.39, 0.29) is 11.8 Å². The maximum Gasteiger partial charge on any atom is 0.269 e. The van der Waals surface area contributed by atoms with E-state index in [9.17, 15) is 15.4 Å². The third-order valence-electron chi connectivity index (χ3n) is 2.89. The fourth-order valence-electron chi connectivity index (χ4n) is 2.04. The third kappa shape index (κ3) is 4.52. The molecule has 0 bridgehead atoms. The van der Waals surface area contributed by atoms with Crippen LogP contribution in [0.5, 0.6) is 5.75 Å². The van der Waals surface area contributed by atoms with Gasteiger partial charge < -0.3 is 4.74 Å². The topological polar surface area (TPSA) is 88.2 Å². The summed E-state index contributed by atoms with van der Waals surface area (Å²) in [4.78, 5) is 10.1. The van der Waals surface area contributed by atoms with E-state index in [4.69, 9.17) is 4.74 Å². The van der Waals surface area contributed by atoms with Crippen LogP contribution in [-0.2, 0) is 0 Å². The van der Waals surface area contributed by atoms with E-state index >= 15 is 0 Å². The molecule has 0 heterocycles. The lowest BCUT2D eigenvalue weighted by atomic mass is 9.96. The molecule has 0 aliphatic heterocycles. The predicted molar refractivity (Wildman–Crippen MR) is 75.5 cm³/mol. The van der Waals surface area contributed by atoms with Crippen molar-refractivity contribution in [2.75, 3.05) is 6.54 Å². The fraction of sp³-hybridized carbons (Fsp3) is 0.500. The molecule has 1 N–H and O–H groups in total. The highest BCUT2D eigenvalue weighted by molar-refractivity contribution is 5.36. The van der Waals surface area contributed by atoms with Crippen molar-refractivity contribution in [3.8, 4) is 11.8 Å². The SMILES string of the molecule is CCNC(C)(C#N)CC(C)Oc1ccc([N+](=O)[O-])cc1. The van der Waals surface area contributed by atoms with Gasteiger partial charge in [0.2, 0.25) is 0 Å². The number of nitro groups is 1. The molecule has 0 spiro atoms. The fourth-order valence-corrected chi connectivity index (χ4v) is 2.04. The Morgan fingerprint density at radius 3 is 2.55 bits per heavy atom. The molecule has 108 valence electrons. The number of nitrogens with zero attached hydrogens (tertiary/aromatic N) is 2. The quantitative estimate of drug-likeness (QED) is 0.611. The van der Waals surface area contributed by atoms with Crippen LogP contribution in [0, 0.1) is 21.4 Å². The molecule has 6 nitrogen and oxygen atoms in total. The van der Waals surface area contributed by atoms with Gasteiger partial charge in [0, 0.05) is 18.6 Å². The van der Waals surface area contributed by atoms with E-state index in [1.54, 1.807) is 12.1 Å². The van der Waals surface area contributed by atoms with Crippen LogP contribution in [0.25, 0.3) is 0 Å². The molecule has 0 radical (unpaired) electrons. The zero-order valence-corrected chi connectivity index (χ0v) is 11.9. The standard InChI is InChI=1S/C14H19N3O3/c1-4-16-14(3,10-15)9-11(2)20-13-7-5-12(6-8-13)17(18)19/h5-8,11,16H,4,9H2,1-3H3. The van der Waals surface area contributed by atoms with E-state index in [2.05, 4.69) is 11.4 Å². The number of nitro benzene ring substituents is 1. The number of rotatable bonds is 7. The first kappa shape index (κ1) is 15.9. The van der Waals surface area contributed by atoms with Crippen molar-refractivity contribution in [1.82, 2.24) is 5.32 Å². The van der Waals surface area contributed by atoms with Crippen LogP contribution in [0.3, 0.4) is 0 Å². The highest BCUT2D eigenvalue weighted by Gasteiger charge is 2.26. The number of hydrogen-bond acceptors (Lipinski definition) is 5. The van der Waals surface area contributed by atoms with Gasteiger partial charge in [0.15, 0.2) is 0 Å². The van der Waals surface area contributed by atoms with Crippen molar-refractivity contribution in [1.29, 1.82) is 5.26 Å². The van der Waals surface area contributed by atoms with Crippen molar-refractivity contribution in [2.45, 2.75) is 38.8 Å². The Bertz CT molecular complexity index is 495. The number of nitrogens with one attached hydrogen (secondary N) is 1. The Hall–Kier alpha value is -2.13. The molecule has 0 aromatic heterocycles. The Labute approximate surface area is 118 Å². The van der Waals surface area contributed by atoms with E-state index in [1.807, 2.05) is 20.8 Å². The smallest absolute Gasteiger partial charge is 0.269 e. The van der Waals surface area contributed by atoms with Crippen LogP contribution in [-0.4, -0.2) is 23.1 Å². The first-order chi connectivity index (χ1) is 9.40. The van der Waals surface area contributed by atoms with Crippen molar-refractivity contribution >= 4 is 5.69 Å².